The first-order valence-corrected chi connectivity index (χ1v) is 11.7. The quantitative estimate of drug-likeness (QED) is 0.589. The van der Waals surface area contributed by atoms with Gasteiger partial charge in [0.25, 0.3) is 5.91 Å². The molecular formula is C23H24ClN5O2S. The van der Waals surface area contributed by atoms with Crippen LogP contribution in [0.15, 0.2) is 48.5 Å². The van der Waals surface area contributed by atoms with E-state index in [0.29, 0.717) is 41.6 Å². The van der Waals surface area contributed by atoms with Gasteiger partial charge < -0.3 is 15.1 Å². The second-order valence-electron chi connectivity index (χ2n) is 7.62. The molecule has 32 heavy (non-hydrogen) atoms. The van der Waals surface area contributed by atoms with Crippen LogP contribution in [0, 0.1) is 6.92 Å². The number of rotatable bonds is 6. The molecule has 2 heterocycles. The van der Waals surface area contributed by atoms with Gasteiger partial charge in [0, 0.05) is 55.4 Å². The average Bonchev–Trinajstić information content (AvgIpc) is 3.29. The van der Waals surface area contributed by atoms with Gasteiger partial charge >= 0.3 is 0 Å². The zero-order valence-electron chi connectivity index (χ0n) is 17.8. The van der Waals surface area contributed by atoms with E-state index in [1.54, 1.807) is 0 Å². The molecule has 0 atom stereocenters. The van der Waals surface area contributed by atoms with Crippen LogP contribution in [0.25, 0.3) is 0 Å². The number of carbonyl (C=O) groups is 2. The number of para-hydroxylation sites is 1. The molecule has 166 valence electrons. The summed E-state index contributed by atoms with van der Waals surface area (Å²) in [4.78, 5) is 29.2. The maximum absolute atomic E-state index is 12.7. The lowest BCUT2D eigenvalue weighted by atomic mass is 10.1. The Morgan fingerprint density at radius 1 is 1.06 bits per heavy atom. The number of nitrogens with one attached hydrogen (secondary N) is 1. The Balaban J connectivity index is 1.26. The van der Waals surface area contributed by atoms with Gasteiger partial charge in [-0.1, -0.05) is 47.2 Å². The van der Waals surface area contributed by atoms with Gasteiger partial charge in [-0.2, -0.15) is 0 Å². The summed E-state index contributed by atoms with van der Waals surface area (Å²) in [6.07, 6.45) is 0.827. The number of hydrogen-bond acceptors (Lipinski definition) is 6. The number of aromatic nitrogens is 2. The smallest absolute Gasteiger partial charge is 0.286 e. The molecule has 3 aromatic rings. The molecule has 2 amide bonds. The van der Waals surface area contributed by atoms with Crippen molar-refractivity contribution in [3.8, 4) is 0 Å². The number of carbonyl (C=O) groups excluding carboxylic acids is 2. The minimum Gasteiger partial charge on any atom is -0.368 e. The summed E-state index contributed by atoms with van der Waals surface area (Å²) in [6.45, 7) is 4.96. The number of amides is 2. The van der Waals surface area contributed by atoms with E-state index in [0.717, 1.165) is 23.8 Å². The van der Waals surface area contributed by atoms with Crippen LogP contribution in [0.2, 0.25) is 5.02 Å². The second-order valence-corrected chi connectivity index (χ2v) is 9.12. The van der Waals surface area contributed by atoms with Crippen LogP contribution in [0.5, 0.6) is 0 Å². The third kappa shape index (κ3) is 5.44. The minimum atomic E-state index is -0.293. The fourth-order valence-electron chi connectivity index (χ4n) is 3.64. The number of aryl methyl sites for hydroxylation is 2. The molecule has 0 saturated carbocycles. The Hall–Kier alpha value is -2.97. The number of piperazine rings is 1. The molecule has 4 rings (SSSR count). The van der Waals surface area contributed by atoms with E-state index in [1.807, 2.05) is 53.4 Å². The highest BCUT2D eigenvalue weighted by atomic mass is 35.5. The summed E-state index contributed by atoms with van der Waals surface area (Å²) < 4.78 is 0. The molecule has 0 spiro atoms. The standard InChI is InChI=1S/C23H24ClN5O2S/c1-16-7-8-17(24)15-19(16)28-11-13-29(14-12-28)21(30)10-9-20-26-27-23(32-20)22(31)25-18-5-3-2-4-6-18/h2-8,15H,9-14H2,1H3,(H,25,31). The highest BCUT2D eigenvalue weighted by molar-refractivity contribution is 7.13. The zero-order valence-corrected chi connectivity index (χ0v) is 19.3. The van der Waals surface area contributed by atoms with Gasteiger partial charge in [0.1, 0.15) is 5.01 Å². The van der Waals surface area contributed by atoms with Crippen molar-refractivity contribution in [2.45, 2.75) is 19.8 Å². The summed E-state index contributed by atoms with van der Waals surface area (Å²) in [5.74, 6) is -0.198. The van der Waals surface area contributed by atoms with E-state index >= 15 is 0 Å². The van der Waals surface area contributed by atoms with Gasteiger partial charge in [0.2, 0.25) is 10.9 Å². The van der Waals surface area contributed by atoms with E-state index in [-0.39, 0.29) is 11.8 Å². The molecule has 0 unspecified atom stereocenters. The summed E-state index contributed by atoms with van der Waals surface area (Å²) in [7, 11) is 0. The van der Waals surface area contributed by atoms with Crippen molar-refractivity contribution in [1.82, 2.24) is 15.1 Å². The molecule has 1 saturated heterocycles. The number of halogens is 1. The Kier molecular flexibility index (Phi) is 7.02. The van der Waals surface area contributed by atoms with Crippen molar-refractivity contribution < 1.29 is 9.59 Å². The third-order valence-corrected chi connectivity index (χ3v) is 6.61. The van der Waals surface area contributed by atoms with Crippen LogP contribution < -0.4 is 10.2 Å². The van der Waals surface area contributed by atoms with Crippen LogP contribution in [-0.2, 0) is 11.2 Å². The van der Waals surface area contributed by atoms with Gasteiger partial charge in [-0.05, 0) is 36.8 Å². The van der Waals surface area contributed by atoms with Crippen molar-refractivity contribution >= 4 is 46.1 Å². The lowest BCUT2D eigenvalue weighted by Gasteiger charge is -2.37. The molecule has 1 N–H and O–H groups in total. The van der Waals surface area contributed by atoms with Crippen molar-refractivity contribution in [2.75, 3.05) is 36.4 Å². The van der Waals surface area contributed by atoms with E-state index in [4.69, 9.17) is 11.6 Å². The SMILES string of the molecule is Cc1ccc(Cl)cc1N1CCN(C(=O)CCc2nnc(C(=O)Nc3ccccc3)s2)CC1. The minimum absolute atomic E-state index is 0.0953. The summed E-state index contributed by atoms with van der Waals surface area (Å²) >= 11 is 7.37. The largest absolute Gasteiger partial charge is 0.368 e. The van der Waals surface area contributed by atoms with Crippen molar-refractivity contribution in [1.29, 1.82) is 0 Å². The molecule has 7 nitrogen and oxygen atoms in total. The summed E-state index contributed by atoms with van der Waals surface area (Å²) in [6, 6.07) is 15.1. The topological polar surface area (TPSA) is 78.4 Å². The van der Waals surface area contributed by atoms with E-state index in [9.17, 15) is 9.59 Å². The Bertz CT molecular complexity index is 1100. The molecule has 1 aliphatic rings. The molecule has 0 radical (unpaired) electrons. The molecule has 0 bridgehead atoms. The average molecular weight is 470 g/mol. The molecule has 9 heteroatoms. The van der Waals surface area contributed by atoms with E-state index < -0.39 is 0 Å². The molecular weight excluding hydrogens is 446 g/mol. The van der Waals surface area contributed by atoms with Crippen LogP contribution >= 0.6 is 22.9 Å². The van der Waals surface area contributed by atoms with Crippen LogP contribution in [0.3, 0.4) is 0 Å². The first kappa shape index (κ1) is 22.2. The zero-order chi connectivity index (χ0) is 22.5. The highest BCUT2D eigenvalue weighted by Crippen LogP contribution is 2.25. The molecule has 1 fully saturated rings. The van der Waals surface area contributed by atoms with Crippen LogP contribution in [-0.4, -0.2) is 53.1 Å². The lowest BCUT2D eigenvalue weighted by Crippen LogP contribution is -2.49. The predicted octanol–water partition coefficient (Wildman–Crippen LogP) is 4.03. The highest BCUT2D eigenvalue weighted by Gasteiger charge is 2.23. The van der Waals surface area contributed by atoms with E-state index in [1.165, 1.54) is 16.9 Å². The van der Waals surface area contributed by atoms with Gasteiger partial charge in [-0.3, -0.25) is 9.59 Å². The normalized spacial score (nSPS) is 13.8. The first-order valence-electron chi connectivity index (χ1n) is 10.5. The molecule has 1 aliphatic heterocycles. The number of benzene rings is 2. The maximum atomic E-state index is 12.7. The van der Waals surface area contributed by atoms with Crippen molar-refractivity contribution in [3.63, 3.8) is 0 Å². The Morgan fingerprint density at radius 3 is 2.56 bits per heavy atom. The maximum Gasteiger partial charge on any atom is 0.286 e. The third-order valence-electron chi connectivity index (χ3n) is 5.39. The van der Waals surface area contributed by atoms with Gasteiger partial charge in [0.05, 0.1) is 0 Å². The predicted molar refractivity (Wildman–Crippen MR) is 128 cm³/mol. The van der Waals surface area contributed by atoms with Crippen LogP contribution in [0.4, 0.5) is 11.4 Å². The Labute approximate surface area is 196 Å². The van der Waals surface area contributed by atoms with Gasteiger partial charge in [0.15, 0.2) is 0 Å². The fourth-order valence-corrected chi connectivity index (χ4v) is 4.55. The van der Waals surface area contributed by atoms with Gasteiger partial charge in [-0.25, -0.2) is 0 Å². The lowest BCUT2D eigenvalue weighted by molar-refractivity contribution is -0.131. The Morgan fingerprint density at radius 2 is 1.81 bits per heavy atom. The molecule has 1 aromatic heterocycles. The van der Waals surface area contributed by atoms with E-state index in [2.05, 4.69) is 27.3 Å². The first-order chi connectivity index (χ1) is 15.5. The monoisotopic (exact) mass is 469 g/mol. The number of anilines is 2. The summed E-state index contributed by atoms with van der Waals surface area (Å²) in [5.41, 5.74) is 3.01. The summed E-state index contributed by atoms with van der Waals surface area (Å²) in [5, 5.41) is 12.6. The van der Waals surface area contributed by atoms with Crippen LogP contribution in [0.1, 0.15) is 26.8 Å². The van der Waals surface area contributed by atoms with Gasteiger partial charge in [-0.15, -0.1) is 10.2 Å². The van der Waals surface area contributed by atoms with Crippen molar-refractivity contribution in [3.05, 3.63) is 69.1 Å². The second kappa shape index (κ2) is 10.1. The molecule has 2 aromatic carbocycles. The number of hydrogen-bond donors (Lipinski definition) is 1. The van der Waals surface area contributed by atoms with Crippen molar-refractivity contribution in [2.24, 2.45) is 0 Å². The molecule has 0 aliphatic carbocycles. The number of nitrogens with zero attached hydrogens (tertiary/aromatic N) is 4. The fraction of sp³-hybridized carbons (Fsp3) is 0.304.